The van der Waals surface area contributed by atoms with Crippen LogP contribution in [0.15, 0.2) is 97.1 Å². The topological polar surface area (TPSA) is 53.3 Å². The number of methoxy groups -OCH3 is 1. The van der Waals surface area contributed by atoms with Gasteiger partial charge in [-0.25, -0.2) is 4.39 Å². The van der Waals surface area contributed by atoms with Crippen molar-refractivity contribution < 1.29 is 13.9 Å². The van der Waals surface area contributed by atoms with Gasteiger partial charge >= 0.3 is 0 Å². The first kappa shape index (κ1) is 25.2. The van der Waals surface area contributed by atoms with Crippen LogP contribution in [0.4, 0.5) is 4.39 Å². The second-order valence-corrected chi connectivity index (χ2v) is 9.79. The third-order valence-corrected chi connectivity index (χ3v) is 7.55. The van der Waals surface area contributed by atoms with Crippen LogP contribution in [0.3, 0.4) is 0 Å². The van der Waals surface area contributed by atoms with Crippen LogP contribution in [0.5, 0.6) is 5.75 Å². The predicted molar refractivity (Wildman–Crippen MR) is 148 cm³/mol. The minimum atomic E-state index is -1.40. The number of carbonyl (C=O) groups is 1. The lowest BCUT2D eigenvalue weighted by Gasteiger charge is -2.38. The van der Waals surface area contributed by atoms with Crippen molar-refractivity contribution >= 4 is 22.3 Å². The van der Waals surface area contributed by atoms with Gasteiger partial charge in [0.25, 0.3) is 0 Å². The van der Waals surface area contributed by atoms with Crippen molar-refractivity contribution in [1.29, 1.82) is 5.26 Å². The van der Waals surface area contributed by atoms with Gasteiger partial charge in [-0.1, -0.05) is 78.9 Å². The summed E-state index contributed by atoms with van der Waals surface area (Å²) in [5.74, 6) is -0.428. The van der Waals surface area contributed by atoms with Crippen molar-refractivity contribution in [1.82, 2.24) is 4.90 Å². The minimum Gasteiger partial charge on any atom is -0.496 e. The molecule has 0 fully saturated rings. The molecule has 0 aliphatic carbocycles. The third-order valence-electron chi connectivity index (χ3n) is 7.55. The number of hydrogen-bond acceptors (Lipinski definition) is 3. The maximum absolute atomic E-state index is 14.2. The quantitative estimate of drug-likeness (QED) is 0.285. The van der Waals surface area contributed by atoms with E-state index in [1.807, 2.05) is 72.8 Å². The Morgan fingerprint density at radius 1 is 0.974 bits per heavy atom. The number of ether oxygens (including phenoxy) is 1. The van der Waals surface area contributed by atoms with E-state index in [2.05, 4.69) is 6.07 Å². The smallest absolute Gasteiger partial charge is 0.244 e. The zero-order chi connectivity index (χ0) is 26.7. The van der Waals surface area contributed by atoms with Crippen molar-refractivity contribution in [2.24, 2.45) is 5.41 Å². The highest BCUT2D eigenvalue weighted by Gasteiger charge is 2.47. The summed E-state index contributed by atoms with van der Waals surface area (Å²) in [5.41, 5.74) is 2.32. The molecule has 1 aliphatic rings. The van der Waals surface area contributed by atoms with Crippen LogP contribution >= 0.6 is 0 Å². The van der Waals surface area contributed by atoms with Gasteiger partial charge in [0.1, 0.15) is 17.0 Å². The van der Waals surface area contributed by atoms with Crippen LogP contribution in [0.25, 0.3) is 16.3 Å². The van der Waals surface area contributed by atoms with Crippen molar-refractivity contribution in [2.45, 2.75) is 19.3 Å². The Hall–Kier alpha value is -4.43. The second kappa shape index (κ2) is 10.5. The van der Waals surface area contributed by atoms with Crippen LogP contribution in [-0.2, 0) is 4.79 Å². The van der Waals surface area contributed by atoms with Crippen molar-refractivity contribution in [3.05, 3.63) is 120 Å². The number of carbonyl (C=O) groups excluding carboxylic acids is 1. The average molecular weight is 505 g/mol. The van der Waals surface area contributed by atoms with Gasteiger partial charge in [0.05, 0.1) is 13.2 Å². The van der Waals surface area contributed by atoms with E-state index >= 15 is 0 Å². The van der Waals surface area contributed by atoms with Crippen LogP contribution < -0.4 is 4.74 Å². The molecule has 0 radical (unpaired) electrons. The van der Waals surface area contributed by atoms with Gasteiger partial charge in [0.15, 0.2) is 0 Å². The number of rotatable bonds is 6. The molecule has 1 heterocycles. The second-order valence-electron chi connectivity index (χ2n) is 9.79. The normalized spacial score (nSPS) is 15.7. The molecule has 1 amide bonds. The number of fused-ring (bicyclic) bond motifs is 1. The predicted octanol–water partition coefficient (Wildman–Crippen LogP) is 6.97. The molecule has 0 saturated carbocycles. The fourth-order valence-electron chi connectivity index (χ4n) is 5.54. The van der Waals surface area contributed by atoms with Gasteiger partial charge in [-0.2, -0.15) is 5.26 Å². The fourth-order valence-corrected chi connectivity index (χ4v) is 5.54. The highest BCUT2D eigenvalue weighted by molar-refractivity contribution is 5.92. The van der Waals surface area contributed by atoms with E-state index in [0.29, 0.717) is 25.3 Å². The lowest BCUT2D eigenvalue weighted by Crippen LogP contribution is -2.46. The fraction of sp³-hybridized carbons (Fsp3) is 0.212. The molecular weight excluding hydrogens is 475 g/mol. The molecule has 5 heteroatoms. The molecule has 4 aromatic rings. The lowest BCUT2D eigenvalue weighted by atomic mass is 9.68. The Balaban J connectivity index is 1.58. The molecule has 190 valence electrons. The molecule has 0 aromatic heterocycles. The zero-order valence-electron chi connectivity index (χ0n) is 21.5. The first-order valence-electron chi connectivity index (χ1n) is 12.7. The summed E-state index contributed by atoms with van der Waals surface area (Å²) in [6.45, 7) is 2.61. The lowest BCUT2D eigenvalue weighted by molar-refractivity contribution is -0.138. The molecule has 0 unspecified atom stereocenters. The summed E-state index contributed by atoms with van der Waals surface area (Å²) in [6, 6.07) is 30.5. The molecule has 0 bridgehead atoms. The first-order chi connectivity index (χ1) is 18.5. The van der Waals surface area contributed by atoms with Crippen molar-refractivity contribution in [3.63, 3.8) is 0 Å². The summed E-state index contributed by atoms with van der Waals surface area (Å²) in [6.07, 6.45) is 2.63. The van der Waals surface area contributed by atoms with Crippen LogP contribution in [-0.4, -0.2) is 31.0 Å². The molecular formula is C33H29FN2O2. The highest BCUT2D eigenvalue weighted by Crippen LogP contribution is 2.47. The number of halogens is 1. The van der Waals surface area contributed by atoms with E-state index in [9.17, 15) is 14.4 Å². The molecule has 0 N–H and O–H groups in total. The van der Waals surface area contributed by atoms with Gasteiger partial charge < -0.3 is 9.64 Å². The summed E-state index contributed by atoms with van der Waals surface area (Å²) >= 11 is 0. The molecule has 4 aromatic carbocycles. The molecule has 0 saturated heterocycles. The van der Waals surface area contributed by atoms with Crippen LogP contribution in [0.2, 0.25) is 0 Å². The summed E-state index contributed by atoms with van der Waals surface area (Å²) in [5, 5.41) is 12.7. The minimum absolute atomic E-state index is 0.224. The van der Waals surface area contributed by atoms with Gasteiger partial charge in [0, 0.05) is 24.6 Å². The van der Waals surface area contributed by atoms with E-state index in [0.717, 1.165) is 33.0 Å². The number of amides is 1. The molecule has 5 rings (SSSR count). The average Bonchev–Trinajstić information content (AvgIpc) is 2.97. The Kier molecular flexibility index (Phi) is 6.98. The molecule has 2 atom stereocenters. The zero-order valence-corrected chi connectivity index (χ0v) is 21.5. The molecule has 1 aliphatic heterocycles. The van der Waals surface area contributed by atoms with Gasteiger partial charge in [-0.15, -0.1) is 0 Å². The maximum atomic E-state index is 14.2. The standard InChI is InChI=1S/C33H29FN2O2/c1-33(22-35,32(37)36-20-18-24(19-21-36)23-14-16-26(34)17-15-23)31(29-11-5-6-13-30(29)38-2)28-12-7-9-25-8-3-4-10-27(25)28/h3-18,31H,19-21H2,1-2H3/t31-,33+/m0/s1. The van der Waals surface area contributed by atoms with Gasteiger partial charge in [0.2, 0.25) is 5.91 Å². The number of nitrogens with zero attached hydrogens (tertiary/aromatic N) is 2. The number of hydrogen-bond donors (Lipinski definition) is 0. The Morgan fingerprint density at radius 3 is 2.37 bits per heavy atom. The Labute approximate surface area is 222 Å². The third kappa shape index (κ3) is 4.54. The summed E-state index contributed by atoms with van der Waals surface area (Å²) in [7, 11) is 1.61. The van der Waals surface area contributed by atoms with Crippen molar-refractivity contribution in [2.75, 3.05) is 20.2 Å². The molecule has 4 nitrogen and oxygen atoms in total. The summed E-state index contributed by atoms with van der Waals surface area (Å²) < 4.78 is 19.1. The van der Waals surface area contributed by atoms with E-state index < -0.39 is 11.3 Å². The van der Waals surface area contributed by atoms with Gasteiger partial charge in [-0.05, 0) is 59.0 Å². The molecule has 38 heavy (non-hydrogen) atoms. The number of para-hydroxylation sites is 1. The SMILES string of the molecule is COc1ccccc1[C@H](c1cccc2ccccc12)[C@@](C)(C#N)C(=O)N1CC=C(c2ccc(F)cc2)CC1. The molecule has 0 spiro atoms. The van der Waals surface area contributed by atoms with Crippen molar-refractivity contribution in [3.8, 4) is 11.8 Å². The van der Waals surface area contributed by atoms with E-state index in [-0.39, 0.29) is 11.7 Å². The van der Waals surface area contributed by atoms with Gasteiger partial charge in [-0.3, -0.25) is 4.79 Å². The van der Waals surface area contributed by atoms with Crippen LogP contribution in [0, 0.1) is 22.6 Å². The van der Waals surface area contributed by atoms with E-state index in [1.54, 1.807) is 31.1 Å². The largest absolute Gasteiger partial charge is 0.496 e. The summed E-state index contributed by atoms with van der Waals surface area (Å²) in [4.78, 5) is 16.0. The van der Waals surface area contributed by atoms with E-state index in [1.165, 1.54) is 12.1 Å². The number of benzene rings is 4. The first-order valence-corrected chi connectivity index (χ1v) is 12.7. The Bertz CT molecular complexity index is 1550. The van der Waals surface area contributed by atoms with Crippen LogP contribution in [0.1, 0.15) is 36.0 Å². The van der Waals surface area contributed by atoms with E-state index in [4.69, 9.17) is 4.74 Å². The number of nitriles is 1. The maximum Gasteiger partial charge on any atom is 0.244 e. The monoisotopic (exact) mass is 504 g/mol. The Morgan fingerprint density at radius 2 is 1.66 bits per heavy atom. The highest BCUT2D eigenvalue weighted by atomic mass is 19.1.